The van der Waals surface area contributed by atoms with E-state index in [0.29, 0.717) is 5.92 Å². The Balaban J connectivity index is 1.57. The Morgan fingerprint density at radius 3 is 2.11 bits per heavy atom. The normalized spacial score (nSPS) is 17.8. The van der Waals surface area contributed by atoms with Crippen LogP contribution in [0.15, 0.2) is 42.5 Å². The van der Waals surface area contributed by atoms with Gasteiger partial charge in [0, 0.05) is 21.8 Å². The highest BCUT2D eigenvalue weighted by Crippen LogP contribution is 2.49. The maximum atomic E-state index is 7.12. The lowest BCUT2D eigenvalue weighted by Crippen LogP contribution is -2.26. The van der Waals surface area contributed by atoms with E-state index in [0.717, 1.165) is 51.5 Å². The van der Waals surface area contributed by atoms with Gasteiger partial charge in [0.2, 0.25) is 0 Å². The topological polar surface area (TPSA) is 43.8 Å². The van der Waals surface area contributed by atoms with Gasteiger partial charge in [-0.15, -0.1) is 0 Å². The third-order valence-corrected chi connectivity index (χ3v) is 8.92. The monoisotopic (exact) mass is 489 g/mol. The van der Waals surface area contributed by atoms with Gasteiger partial charge in [-0.25, -0.2) is 4.68 Å². The maximum Gasteiger partial charge on any atom is 0.0680 e. The van der Waals surface area contributed by atoms with Gasteiger partial charge >= 0.3 is 0 Å². The van der Waals surface area contributed by atoms with Crippen molar-refractivity contribution in [2.75, 3.05) is 5.73 Å². The van der Waals surface area contributed by atoms with Gasteiger partial charge in [-0.3, -0.25) is 0 Å². The Hall–Kier alpha value is -2.26. The minimum Gasteiger partial charge on any atom is -0.398 e. The number of nitrogens with two attached hydrogens (primary N) is 1. The van der Waals surface area contributed by atoms with E-state index in [1.807, 2.05) is 6.07 Å². The van der Waals surface area contributed by atoms with Crippen LogP contribution in [-0.4, -0.2) is 9.78 Å². The highest BCUT2D eigenvalue weighted by atomic mass is 35.5. The van der Waals surface area contributed by atoms with Crippen molar-refractivity contribution in [3.63, 3.8) is 0 Å². The van der Waals surface area contributed by atoms with Crippen LogP contribution in [0.25, 0.3) is 16.8 Å². The molecule has 0 unspecified atom stereocenters. The first-order valence-electron chi connectivity index (χ1n) is 13.8. The summed E-state index contributed by atoms with van der Waals surface area (Å²) in [5, 5.41) is 5.74. The Labute approximate surface area is 216 Å². The molecule has 0 saturated heterocycles. The average Bonchev–Trinajstić information content (AvgIpc) is 3.23. The first-order valence-corrected chi connectivity index (χ1v) is 14.2. The van der Waals surface area contributed by atoms with Gasteiger partial charge in [0.1, 0.15) is 0 Å². The molecule has 5 rings (SSSR count). The van der Waals surface area contributed by atoms with E-state index in [1.54, 1.807) is 0 Å². The predicted molar refractivity (Wildman–Crippen MR) is 148 cm³/mol. The van der Waals surface area contributed by atoms with E-state index >= 15 is 0 Å². The molecular weight excluding hydrogens is 450 g/mol. The zero-order chi connectivity index (χ0) is 24.4. The summed E-state index contributed by atoms with van der Waals surface area (Å²) in [4.78, 5) is 0. The van der Waals surface area contributed by atoms with Crippen molar-refractivity contribution in [1.29, 1.82) is 0 Å². The standard InChI is InChI=1S/C31H40ClN3/c1-3-29-30(21(2)34-35(29)24-17-11-6-12-18-24)25-20-28(33)26(19-27(25)32)31(22-13-7-4-8-14-22)23-15-9-5-10-16-23/h6,11-12,17-20,22-23,31H,3-5,7-10,13-16,33H2,1-2H3. The Kier molecular flexibility index (Phi) is 7.53. The molecule has 0 amide bonds. The molecule has 2 aromatic carbocycles. The number of nitrogen functional groups attached to an aromatic ring is 1. The largest absolute Gasteiger partial charge is 0.398 e. The number of anilines is 1. The fourth-order valence-electron chi connectivity index (χ4n) is 7.00. The molecule has 0 atom stereocenters. The SMILES string of the molecule is CCc1c(-c2cc(N)c(C(C3CCCCC3)C3CCCCC3)cc2Cl)c(C)nn1-c1ccccc1. The second-order valence-electron chi connectivity index (χ2n) is 10.8. The number of rotatable bonds is 6. The fraction of sp³-hybridized carbons (Fsp3) is 0.516. The molecule has 3 aromatic rings. The molecule has 0 radical (unpaired) electrons. The van der Waals surface area contributed by atoms with Gasteiger partial charge < -0.3 is 5.73 Å². The lowest BCUT2D eigenvalue weighted by Gasteiger charge is -2.39. The number of para-hydroxylation sites is 1. The van der Waals surface area contributed by atoms with Gasteiger partial charge in [0.05, 0.1) is 17.1 Å². The van der Waals surface area contributed by atoms with Crippen molar-refractivity contribution in [3.8, 4) is 16.8 Å². The average molecular weight is 490 g/mol. The number of hydrogen-bond acceptors (Lipinski definition) is 2. The molecule has 186 valence electrons. The zero-order valence-corrected chi connectivity index (χ0v) is 22.2. The van der Waals surface area contributed by atoms with E-state index in [-0.39, 0.29) is 0 Å². The van der Waals surface area contributed by atoms with Gasteiger partial charge in [-0.1, -0.05) is 75.2 Å². The molecule has 1 aromatic heterocycles. The van der Waals surface area contributed by atoms with Gasteiger partial charge in [0.15, 0.2) is 0 Å². The third kappa shape index (κ3) is 4.89. The van der Waals surface area contributed by atoms with Crippen molar-refractivity contribution >= 4 is 17.3 Å². The van der Waals surface area contributed by atoms with E-state index in [1.165, 1.54) is 75.5 Å². The minimum atomic E-state index is 0.543. The molecule has 2 aliphatic carbocycles. The Morgan fingerprint density at radius 2 is 1.54 bits per heavy atom. The number of benzene rings is 2. The fourth-order valence-corrected chi connectivity index (χ4v) is 7.27. The van der Waals surface area contributed by atoms with Crippen LogP contribution in [0, 0.1) is 18.8 Å². The van der Waals surface area contributed by atoms with Crippen LogP contribution in [0.4, 0.5) is 5.69 Å². The van der Waals surface area contributed by atoms with Crippen LogP contribution < -0.4 is 5.73 Å². The van der Waals surface area contributed by atoms with Gasteiger partial charge in [0.25, 0.3) is 0 Å². The van der Waals surface area contributed by atoms with E-state index < -0.39 is 0 Å². The summed E-state index contributed by atoms with van der Waals surface area (Å²) in [5.41, 5.74) is 14.5. The molecule has 0 aliphatic heterocycles. The number of halogens is 1. The number of aromatic nitrogens is 2. The highest BCUT2D eigenvalue weighted by Gasteiger charge is 2.34. The molecule has 0 spiro atoms. The number of aryl methyl sites for hydroxylation is 1. The zero-order valence-electron chi connectivity index (χ0n) is 21.4. The molecule has 2 saturated carbocycles. The lowest BCUT2D eigenvalue weighted by atomic mass is 9.66. The van der Waals surface area contributed by atoms with Crippen LogP contribution in [0.3, 0.4) is 0 Å². The lowest BCUT2D eigenvalue weighted by molar-refractivity contribution is 0.203. The number of nitrogens with zero attached hydrogens (tertiary/aromatic N) is 2. The van der Waals surface area contributed by atoms with Crippen LogP contribution >= 0.6 is 11.6 Å². The van der Waals surface area contributed by atoms with Crippen LogP contribution in [0.5, 0.6) is 0 Å². The van der Waals surface area contributed by atoms with Crippen molar-refractivity contribution in [2.45, 2.75) is 90.4 Å². The smallest absolute Gasteiger partial charge is 0.0680 e. The van der Waals surface area contributed by atoms with Gasteiger partial charge in [-0.05, 0) is 86.6 Å². The second kappa shape index (κ2) is 10.8. The molecule has 0 bridgehead atoms. The van der Waals surface area contributed by atoms with Crippen molar-refractivity contribution < 1.29 is 0 Å². The second-order valence-corrected chi connectivity index (χ2v) is 11.2. The molecule has 2 fully saturated rings. The molecule has 2 aliphatic rings. The predicted octanol–water partition coefficient (Wildman–Crippen LogP) is 8.89. The van der Waals surface area contributed by atoms with E-state index in [4.69, 9.17) is 22.4 Å². The summed E-state index contributed by atoms with van der Waals surface area (Å²) in [7, 11) is 0. The first kappa shape index (κ1) is 24.4. The molecule has 2 N–H and O–H groups in total. The minimum absolute atomic E-state index is 0.543. The van der Waals surface area contributed by atoms with Crippen LogP contribution in [-0.2, 0) is 6.42 Å². The summed E-state index contributed by atoms with van der Waals surface area (Å²) in [6, 6.07) is 14.8. The number of hydrogen-bond donors (Lipinski definition) is 1. The summed E-state index contributed by atoms with van der Waals surface area (Å²) in [6.45, 7) is 4.27. The maximum absolute atomic E-state index is 7.12. The Bertz CT molecular complexity index is 1120. The highest BCUT2D eigenvalue weighted by molar-refractivity contribution is 6.33. The molecule has 4 heteroatoms. The molecule has 1 heterocycles. The van der Waals surface area contributed by atoms with Crippen LogP contribution in [0.1, 0.15) is 94.0 Å². The van der Waals surface area contributed by atoms with Crippen molar-refractivity contribution in [3.05, 3.63) is 64.4 Å². The summed E-state index contributed by atoms with van der Waals surface area (Å²) in [6.07, 6.45) is 14.4. The summed E-state index contributed by atoms with van der Waals surface area (Å²) >= 11 is 7.12. The first-order chi connectivity index (χ1) is 17.1. The van der Waals surface area contributed by atoms with Crippen LogP contribution in [0.2, 0.25) is 5.02 Å². The molecule has 3 nitrogen and oxygen atoms in total. The van der Waals surface area contributed by atoms with Gasteiger partial charge in [-0.2, -0.15) is 5.10 Å². The molecular formula is C31H40ClN3. The van der Waals surface area contributed by atoms with Crippen molar-refractivity contribution in [2.24, 2.45) is 11.8 Å². The summed E-state index contributed by atoms with van der Waals surface area (Å²) < 4.78 is 2.07. The Morgan fingerprint density at radius 1 is 0.943 bits per heavy atom. The summed E-state index contributed by atoms with van der Waals surface area (Å²) in [5.74, 6) is 2.02. The quantitative estimate of drug-likeness (QED) is 0.351. The van der Waals surface area contributed by atoms with E-state index in [2.05, 4.69) is 54.9 Å². The molecule has 35 heavy (non-hydrogen) atoms. The van der Waals surface area contributed by atoms with Crippen molar-refractivity contribution in [1.82, 2.24) is 9.78 Å². The van der Waals surface area contributed by atoms with E-state index in [9.17, 15) is 0 Å². The third-order valence-electron chi connectivity index (χ3n) is 8.61.